The summed E-state index contributed by atoms with van der Waals surface area (Å²) in [5.74, 6) is 0.641. The Balaban J connectivity index is 2.48. The summed E-state index contributed by atoms with van der Waals surface area (Å²) in [5.41, 5.74) is 5.70. The Morgan fingerprint density at radius 2 is 1.57 bits per heavy atom. The fourth-order valence-corrected chi connectivity index (χ4v) is 3.49. The van der Waals surface area contributed by atoms with E-state index in [1.165, 1.54) is 0 Å². The van der Waals surface area contributed by atoms with Gasteiger partial charge >= 0.3 is 0 Å². The van der Waals surface area contributed by atoms with E-state index in [1.807, 2.05) is 0 Å². The number of carbonyl (C=O) groups excluding carboxylic acids is 1. The summed E-state index contributed by atoms with van der Waals surface area (Å²) in [6.07, 6.45) is 6.50. The van der Waals surface area contributed by atoms with E-state index in [-0.39, 0.29) is 5.92 Å². The Labute approximate surface area is 131 Å². The van der Waals surface area contributed by atoms with Crippen molar-refractivity contribution in [1.82, 2.24) is 9.80 Å². The molecule has 0 aromatic rings. The zero-order valence-corrected chi connectivity index (χ0v) is 14.3. The fourth-order valence-electron chi connectivity index (χ4n) is 3.49. The maximum atomic E-state index is 12.6. The van der Waals surface area contributed by atoms with E-state index < -0.39 is 0 Å². The minimum absolute atomic E-state index is 0.248. The van der Waals surface area contributed by atoms with Gasteiger partial charge in [0, 0.05) is 38.1 Å². The molecule has 0 radical (unpaired) electrons. The Morgan fingerprint density at radius 3 is 2.00 bits per heavy atom. The molecule has 1 heterocycles. The lowest BCUT2D eigenvalue weighted by Gasteiger charge is -2.40. The second-order valence-electron chi connectivity index (χ2n) is 6.27. The molecule has 4 heteroatoms. The van der Waals surface area contributed by atoms with Gasteiger partial charge in [0.2, 0.25) is 5.91 Å². The number of nitrogens with zero attached hydrogens (tertiary/aromatic N) is 2. The van der Waals surface area contributed by atoms with Crippen molar-refractivity contribution < 1.29 is 4.79 Å². The summed E-state index contributed by atoms with van der Waals surface area (Å²) in [4.78, 5) is 17.3. The molecule has 1 amide bonds. The smallest absolute Gasteiger partial charge is 0.225 e. The van der Waals surface area contributed by atoms with Crippen molar-refractivity contribution in [3.8, 4) is 0 Å². The number of piperazine rings is 1. The largest absolute Gasteiger partial charge is 0.340 e. The highest BCUT2D eigenvalue weighted by molar-refractivity contribution is 5.78. The SMILES string of the molecule is CCCC(CCC)C(=O)N1CCN(C(CC)CCN)CC1. The second kappa shape index (κ2) is 10.2. The van der Waals surface area contributed by atoms with Crippen molar-refractivity contribution in [3.05, 3.63) is 0 Å². The van der Waals surface area contributed by atoms with Crippen molar-refractivity contribution in [2.45, 2.75) is 65.3 Å². The minimum atomic E-state index is 0.248. The Morgan fingerprint density at radius 1 is 1.00 bits per heavy atom. The van der Waals surface area contributed by atoms with Crippen LogP contribution in [0.5, 0.6) is 0 Å². The van der Waals surface area contributed by atoms with Gasteiger partial charge in [-0.05, 0) is 32.2 Å². The highest BCUT2D eigenvalue weighted by atomic mass is 16.2. The Kier molecular flexibility index (Phi) is 8.93. The first-order chi connectivity index (χ1) is 10.2. The average Bonchev–Trinajstić information content (AvgIpc) is 2.52. The molecular weight excluding hydrogens is 262 g/mol. The van der Waals surface area contributed by atoms with E-state index in [0.717, 1.165) is 71.2 Å². The highest BCUT2D eigenvalue weighted by Crippen LogP contribution is 2.19. The molecule has 0 aromatic carbocycles. The summed E-state index contributed by atoms with van der Waals surface area (Å²) in [6, 6.07) is 0.592. The number of nitrogens with two attached hydrogens (primary N) is 1. The lowest BCUT2D eigenvalue weighted by Crippen LogP contribution is -2.53. The Bertz CT molecular complexity index is 282. The third kappa shape index (κ3) is 5.59. The number of amides is 1. The first kappa shape index (κ1) is 18.4. The second-order valence-corrected chi connectivity index (χ2v) is 6.27. The Hall–Kier alpha value is -0.610. The molecule has 0 aliphatic carbocycles. The number of hydrogen-bond acceptors (Lipinski definition) is 3. The number of rotatable bonds is 9. The number of hydrogen-bond donors (Lipinski definition) is 1. The van der Waals surface area contributed by atoms with Crippen LogP contribution in [0.4, 0.5) is 0 Å². The summed E-state index contributed by atoms with van der Waals surface area (Å²) in [6.45, 7) is 11.1. The number of carbonyl (C=O) groups is 1. The maximum absolute atomic E-state index is 12.6. The van der Waals surface area contributed by atoms with Gasteiger partial charge in [-0.25, -0.2) is 0 Å². The third-order valence-electron chi connectivity index (χ3n) is 4.74. The van der Waals surface area contributed by atoms with Crippen molar-refractivity contribution >= 4 is 5.91 Å². The van der Waals surface area contributed by atoms with Crippen LogP contribution in [0, 0.1) is 5.92 Å². The van der Waals surface area contributed by atoms with Gasteiger partial charge in [0.25, 0.3) is 0 Å². The van der Waals surface area contributed by atoms with Gasteiger partial charge in [0.15, 0.2) is 0 Å². The molecule has 0 spiro atoms. The lowest BCUT2D eigenvalue weighted by atomic mass is 9.96. The van der Waals surface area contributed by atoms with Crippen molar-refractivity contribution in [2.75, 3.05) is 32.7 Å². The van der Waals surface area contributed by atoms with Crippen LogP contribution >= 0.6 is 0 Å². The van der Waals surface area contributed by atoms with Gasteiger partial charge in [-0.1, -0.05) is 33.6 Å². The van der Waals surface area contributed by atoms with E-state index in [4.69, 9.17) is 5.73 Å². The molecule has 1 atom stereocenters. The van der Waals surface area contributed by atoms with Gasteiger partial charge in [0.1, 0.15) is 0 Å². The van der Waals surface area contributed by atoms with Crippen LogP contribution < -0.4 is 5.73 Å². The topological polar surface area (TPSA) is 49.6 Å². The quantitative estimate of drug-likeness (QED) is 0.711. The summed E-state index contributed by atoms with van der Waals surface area (Å²) in [5, 5.41) is 0. The van der Waals surface area contributed by atoms with Gasteiger partial charge < -0.3 is 10.6 Å². The van der Waals surface area contributed by atoms with Gasteiger partial charge in [-0.3, -0.25) is 9.69 Å². The molecule has 2 N–H and O–H groups in total. The zero-order valence-electron chi connectivity index (χ0n) is 14.3. The predicted octanol–water partition coefficient (Wildman–Crippen LogP) is 2.47. The molecular formula is C17H35N3O. The van der Waals surface area contributed by atoms with Crippen molar-refractivity contribution in [1.29, 1.82) is 0 Å². The third-order valence-corrected chi connectivity index (χ3v) is 4.74. The van der Waals surface area contributed by atoms with Crippen LogP contribution in [-0.4, -0.2) is 54.5 Å². The van der Waals surface area contributed by atoms with Crippen molar-refractivity contribution in [2.24, 2.45) is 11.7 Å². The van der Waals surface area contributed by atoms with Crippen molar-refractivity contribution in [3.63, 3.8) is 0 Å². The van der Waals surface area contributed by atoms with Crippen LogP contribution in [0.2, 0.25) is 0 Å². The van der Waals surface area contributed by atoms with Crippen LogP contribution in [0.25, 0.3) is 0 Å². The normalized spacial score (nSPS) is 18.2. The summed E-state index contributed by atoms with van der Waals surface area (Å²) in [7, 11) is 0. The van der Waals surface area contributed by atoms with E-state index in [1.54, 1.807) is 0 Å². The molecule has 1 unspecified atom stereocenters. The molecule has 1 saturated heterocycles. The lowest BCUT2D eigenvalue weighted by molar-refractivity contribution is -0.138. The molecule has 0 aromatic heterocycles. The van der Waals surface area contributed by atoms with Crippen LogP contribution in [0.3, 0.4) is 0 Å². The molecule has 4 nitrogen and oxygen atoms in total. The molecule has 0 saturated carbocycles. The van der Waals surface area contributed by atoms with Crippen LogP contribution in [0.1, 0.15) is 59.3 Å². The van der Waals surface area contributed by atoms with E-state index in [9.17, 15) is 4.79 Å². The summed E-state index contributed by atoms with van der Waals surface area (Å²) < 4.78 is 0. The maximum Gasteiger partial charge on any atom is 0.225 e. The fraction of sp³-hybridized carbons (Fsp3) is 0.941. The standard InChI is InChI=1S/C17H35N3O/c1-4-7-15(8-5-2)17(21)20-13-11-19(12-14-20)16(6-3)9-10-18/h15-16H,4-14,18H2,1-3H3. The predicted molar refractivity (Wildman–Crippen MR) is 89.2 cm³/mol. The molecule has 0 bridgehead atoms. The highest BCUT2D eigenvalue weighted by Gasteiger charge is 2.28. The zero-order chi connectivity index (χ0) is 15.7. The monoisotopic (exact) mass is 297 g/mol. The summed E-state index contributed by atoms with van der Waals surface area (Å²) >= 11 is 0. The van der Waals surface area contributed by atoms with Gasteiger partial charge in [-0.2, -0.15) is 0 Å². The molecule has 1 fully saturated rings. The average molecular weight is 297 g/mol. The molecule has 1 aliphatic heterocycles. The molecule has 1 rings (SSSR count). The van der Waals surface area contributed by atoms with Crippen LogP contribution in [-0.2, 0) is 4.79 Å². The molecule has 21 heavy (non-hydrogen) atoms. The van der Waals surface area contributed by atoms with Gasteiger partial charge in [-0.15, -0.1) is 0 Å². The van der Waals surface area contributed by atoms with E-state index in [2.05, 4.69) is 30.6 Å². The molecule has 1 aliphatic rings. The van der Waals surface area contributed by atoms with Gasteiger partial charge in [0.05, 0.1) is 0 Å². The first-order valence-electron chi connectivity index (χ1n) is 8.90. The van der Waals surface area contributed by atoms with E-state index >= 15 is 0 Å². The first-order valence-corrected chi connectivity index (χ1v) is 8.90. The minimum Gasteiger partial charge on any atom is -0.340 e. The van der Waals surface area contributed by atoms with E-state index in [0.29, 0.717) is 11.9 Å². The molecule has 124 valence electrons. The van der Waals surface area contributed by atoms with Crippen LogP contribution in [0.15, 0.2) is 0 Å².